The Kier molecular flexibility index (Phi) is 5.20. The number of nitrogens with one attached hydrogen (secondary N) is 1. The Hall–Kier alpha value is -1.91. The first-order chi connectivity index (χ1) is 13.1. The van der Waals surface area contributed by atoms with Gasteiger partial charge in [0.1, 0.15) is 0 Å². The van der Waals surface area contributed by atoms with Crippen LogP contribution in [0.1, 0.15) is 63.5 Å². The molecule has 4 rings (SSSR count). The van der Waals surface area contributed by atoms with E-state index >= 15 is 0 Å². The van der Waals surface area contributed by atoms with Crippen molar-refractivity contribution in [3.8, 4) is 0 Å². The van der Waals surface area contributed by atoms with E-state index in [2.05, 4.69) is 29.6 Å². The number of quaternary nitrogens is 1. The Labute approximate surface area is 161 Å². The van der Waals surface area contributed by atoms with Gasteiger partial charge in [0.2, 0.25) is 0 Å². The van der Waals surface area contributed by atoms with Gasteiger partial charge >= 0.3 is 0 Å². The van der Waals surface area contributed by atoms with Crippen molar-refractivity contribution in [2.24, 2.45) is 0 Å². The lowest BCUT2D eigenvalue weighted by atomic mass is 9.93. The van der Waals surface area contributed by atoms with E-state index in [4.69, 9.17) is 0 Å². The molecule has 27 heavy (non-hydrogen) atoms. The largest absolute Gasteiger partial charge is 0.632 e. The van der Waals surface area contributed by atoms with Crippen molar-refractivity contribution in [2.75, 3.05) is 6.54 Å². The molecule has 4 heteroatoms. The summed E-state index contributed by atoms with van der Waals surface area (Å²) in [7, 11) is 0. The Bertz CT molecular complexity index is 810. The van der Waals surface area contributed by atoms with E-state index in [1.54, 1.807) is 0 Å². The Morgan fingerprint density at radius 2 is 1.78 bits per heavy atom. The zero-order chi connectivity index (χ0) is 18.9. The van der Waals surface area contributed by atoms with E-state index in [1.807, 2.05) is 25.1 Å². The number of carbonyl (C=O) groups is 1. The van der Waals surface area contributed by atoms with Crippen molar-refractivity contribution in [1.82, 2.24) is 5.32 Å². The fourth-order valence-corrected chi connectivity index (χ4v) is 5.21. The molecule has 1 amide bonds. The van der Waals surface area contributed by atoms with E-state index in [0.29, 0.717) is 13.0 Å². The number of rotatable bonds is 4. The molecule has 0 spiro atoms. The van der Waals surface area contributed by atoms with Crippen LogP contribution in [0.4, 0.5) is 0 Å². The maximum atomic E-state index is 13.6. The molecule has 2 aromatic carbocycles. The van der Waals surface area contributed by atoms with Gasteiger partial charge in [-0.05, 0) is 48.9 Å². The first kappa shape index (κ1) is 18.5. The zero-order valence-electron chi connectivity index (χ0n) is 16.2. The van der Waals surface area contributed by atoms with Crippen LogP contribution in [0.5, 0.6) is 0 Å². The lowest BCUT2D eigenvalue weighted by Crippen LogP contribution is -2.59. The molecule has 4 nitrogen and oxygen atoms in total. The first-order valence-corrected chi connectivity index (χ1v) is 10.5. The van der Waals surface area contributed by atoms with Gasteiger partial charge in [-0.3, -0.25) is 4.79 Å². The van der Waals surface area contributed by atoms with Crippen LogP contribution in [0.15, 0.2) is 42.5 Å². The highest BCUT2D eigenvalue weighted by atomic mass is 16.6. The van der Waals surface area contributed by atoms with E-state index in [0.717, 1.165) is 43.1 Å². The van der Waals surface area contributed by atoms with Crippen molar-refractivity contribution in [3.05, 3.63) is 53.2 Å². The molecule has 0 radical (unpaired) electrons. The topological polar surface area (TPSA) is 52.2 Å². The van der Waals surface area contributed by atoms with Crippen molar-refractivity contribution in [1.29, 1.82) is 0 Å². The third kappa shape index (κ3) is 3.48. The molecule has 0 aromatic heterocycles. The summed E-state index contributed by atoms with van der Waals surface area (Å²) in [5, 5.41) is 19.1. The molecular weight excluding hydrogens is 336 g/mol. The highest BCUT2D eigenvalue weighted by Gasteiger charge is 2.45. The minimum Gasteiger partial charge on any atom is -0.632 e. The predicted octanol–water partition coefficient (Wildman–Crippen LogP) is 4.83. The van der Waals surface area contributed by atoms with E-state index in [1.165, 1.54) is 11.8 Å². The summed E-state index contributed by atoms with van der Waals surface area (Å²) < 4.78 is -0.284. The lowest BCUT2D eigenvalue weighted by Gasteiger charge is -2.50. The molecule has 1 aliphatic carbocycles. The molecule has 2 aromatic rings. The van der Waals surface area contributed by atoms with Gasteiger partial charge in [0.05, 0.1) is 18.6 Å². The molecule has 2 fully saturated rings. The van der Waals surface area contributed by atoms with Gasteiger partial charge in [0.25, 0.3) is 5.91 Å². The third-order valence-electron chi connectivity index (χ3n) is 6.66. The predicted molar refractivity (Wildman–Crippen MR) is 109 cm³/mol. The Balaban J connectivity index is 1.52. The number of fused-ring (bicyclic) bond motifs is 1. The molecule has 1 unspecified atom stereocenters. The van der Waals surface area contributed by atoms with Crippen LogP contribution in [-0.2, 0) is 4.79 Å². The van der Waals surface area contributed by atoms with Crippen LogP contribution in [0.25, 0.3) is 10.8 Å². The molecule has 1 saturated heterocycles. The summed E-state index contributed by atoms with van der Waals surface area (Å²) in [5.74, 6) is -0.0616. The minimum absolute atomic E-state index is 0.0616. The monoisotopic (exact) mass is 366 g/mol. The molecule has 1 aliphatic heterocycles. The highest BCUT2D eigenvalue weighted by molar-refractivity contribution is 5.87. The summed E-state index contributed by atoms with van der Waals surface area (Å²) in [6.45, 7) is 2.63. The Morgan fingerprint density at radius 1 is 1.04 bits per heavy atom. The number of hydrogen-bond acceptors (Lipinski definition) is 2. The minimum atomic E-state index is -0.439. The highest BCUT2D eigenvalue weighted by Crippen LogP contribution is 2.36. The van der Waals surface area contributed by atoms with Gasteiger partial charge in [0, 0.05) is 12.8 Å². The molecule has 1 saturated carbocycles. The van der Waals surface area contributed by atoms with Gasteiger partial charge in [-0.2, -0.15) is 0 Å². The molecular formula is C23H30N2O2. The second kappa shape index (κ2) is 7.61. The van der Waals surface area contributed by atoms with Crippen molar-refractivity contribution in [3.63, 3.8) is 0 Å². The zero-order valence-corrected chi connectivity index (χ0v) is 16.2. The number of benzene rings is 2. The molecule has 0 bridgehead atoms. The second-order valence-electron chi connectivity index (χ2n) is 8.33. The number of carbonyl (C=O) groups excluding carboxylic acids is 1. The normalized spacial score (nSPS) is 27.6. The van der Waals surface area contributed by atoms with Crippen molar-refractivity contribution >= 4 is 16.7 Å². The standard InChI is InChI=1S/C23H30N2O2/c1-17(20-14-7-10-18-9-5-6-13-21(18)20)24-23(26)22-15-8-16-25(22,27)19-11-3-2-4-12-19/h5-7,9-10,13-14,17,19,22H,2-4,8,11-12,15-16H2,1H3,(H,24,26)/t17-,22+,25?/m1/s1. The van der Waals surface area contributed by atoms with Crippen LogP contribution in [-0.4, -0.2) is 29.2 Å². The summed E-state index contributed by atoms with van der Waals surface area (Å²) in [4.78, 5) is 13.1. The lowest BCUT2D eigenvalue weighted by molar-refractivity contribution is -0.909. The van der Waals surface area contributed by atoms with Crippen LogP contribution >= 0.6 is 0 Å². The van der Waals surface area contributed by atoms with Gasteiger partial charge in [-0.15, -0.1) is 0 Å². The van der Waals surface area contributed by atoms with Gasteiger partial charge in [-0.25, -0.2) is 0 Å². The second-order valence-corrected chi connectivity index (χ2v) is 8.33. The summed E-state index contributed by atoms with van der Waals surface area (Å²) in [6.07, 6.45) is 7.03. The number of hydroxylamine groups is 3. The van der Waals surface area contributed by atoms with Gasteiger partial charge < -0.3 is 15.2 Å². The molecule has 1 heterocycles. The Morgan fingerprint density at radius 3 is 2.59 bits per heavy atom. The summed E-state index contributed by atoms with van der Waals surface area (Å²) >= 11 is 0. The molecule has 3 atom stereocenters. The average molecular weight is 367 g/mol. The van der Waals surface area contributed by atoms with Crippen LogP contribution in [0, 0.1) is 5.21 Å². The van der Waals surface area contributed by atoms with Crippen molar-refractivity contribution in [2.45, 2.75) is 70.0 Å². The van der Waals surface area contributed by atoms with E-state index in [-0.39, 0.29) is 22.6 Å². The van der Waals surface area contributed by atoms with Crippen LogP contribution < -0.4 is 5.32 Å². The van der Waals surface area contributed by atoms with E-state index in [9.17, 15) is 10.0 Å². The average Bonchev–Trinajstić information content (AvgIpc) is 3.11. The SMILES string of the molecule is C[C@@H](NC(=O)[C@@H]1CCC[N+]1([O-])C1CCCCC1)c1cccc2ccccc12. The molecule has 2 aliphatic rings. The van der Waals surface area contributed by atoms with Gasteiger partial charge in [-0.1, -0.05) is 48.9 Å². The number of amides is 1. The smallest absolute Gasteiger partial charge is 0.279 e. The fraction of sp³-hybridized carbons (Fsp3) is 0.522. The van der Waals surface area contributed by atoms with Crippen LogP contribution in [0.3, 0.4) is 0 Å². The maximum absolute atomic E-state index is 13.6. The fourth-order valence-electron chi connectivity index (χ4n) is 5.21. The summed E-state index contributed by atoms with van der Waals surface area (Å²) in [6, 6.07) is 14.0. The van der Waals surface area contributed by atoms with Gasteiger partial charge in [0.15, 0.2) is 6.04 Å². The number of hydrogen-bond donors (Lipinski definition) is 1. The van der Waals surface area contributed by atoms with Crippen molar-refractivity contribution < 1.29 is 9.44 Å². The first-order valence-electron chi connectivity index (χ1n) is 10.5. The number of nitrogens with zero attached hydrogens (tertiary/aromatic N) is 1. The quantitative estimate of drug-likeness (QED) is 0.622. The van der Waals surface area contributed by atoms with E-state index < -0.39 is 6.04 Å². The number of likely N-dealkylation sites (tertiary alicyclic amines) is 1. The molecule has 144 valence electrons. The molecule has 1 N–H and O–H groups in total. The summed E-state index contributed by atoms with van der Waals surface area (Å²) in [5.41, 5.74) is 1.11. The van der Waals surface area contributed by atoms with Crippen LogP contribution in [0.2, 0.25) is 0 Å². The maximum Gasteiger partial charge on any atom is 0.279 e. The third-order valence-corrected chi connectivity index (χ3v) is 6.66.